The first kappa shape index (κ1) is 14.9. The number of hydrogen-bond donors (Lipinski definition) is 1. The standard InChI is InChI=1S/C14H16N4O3/c19-14(12-2-4-13(5-3-12)18(20)21)10-15-6-1-8-17-9-7-16-11-17/h2-5,7,9,11,15H,1,6,8,10H2. The molecule has 0 amide bonds. The number of nitrogens with zero attached hydrogens (tertiary/aromatic N) is 3. The second-order valence-electron chi connectivity index (χ2n) is 4.56. The van der Waals surface area contributed by atoms with Crippen LogP contribution in [0.5, 0.6) is 0 Å². The lowest BCUT2D eigenvalue weighted by Gasteiger charge is -2.05. The number of hydrogen-bond acceptors (Lipinski definition) is 5. The molecule has 0 atom stereocenters. The predicted molar refractivity (Wildman–Crippen MR) is 77.1 cm³/mol. The van der Waals surface area contributed by atoms with Gasteiger partial charge in [0.25, 0.3) is 5.69 Å². The lowest BCUT2D eigenvalue weighted by molar-refractivity contribution is -0.384. The van der Waals surface area contributed by atoms with E-state index in [0.29, 0.717) is 5.56 Å². The zero-order valence-electron chi connectivity index (χ0n) is 11.4. The molecule has 1 aromatic heterocycles. The summed E-state index contributed by atoms with van der Waals surface area (Å²) < 4.78 is 1.97. The number of carbonyl (C=O) groups is 1. The Balaban J connectivity index is 1.70. The fourth-order valence-electron chi connectivity index (χ4n) is 1.88. The first-order valence-electron chi connectivity index (χ1n) is 6.61. The van der Waals surface area contributed by atoms with Crippen molar-refractivity contribution in [1.82, 2.24) is 14.9 Å². The summed E-state index contributed by atoms with van der Waals surface area (Å²) in [6.07, 6.45) is 6.26. The number of imidazole rings is 1. The molecule has 0 saturated carbocycles. The highest BCUT2D eigenvalue weighted by molar-refractivity contribution is 5.97. The van der Waals surface area contributed by atoms with E-state index in [0.717, 1.165) is 19.5 Å². The molecular formula is C14H16N4O3. The van der Waals surface area contributed by atoms with Crippen LogP contribution in [0.3, 0.4) is 0 Å². The number of aromatic nitrogens is 2. The molecule has 0 aliphatic heterocycles. The quantitative estimate of drug-likeness (QED) is 0.345. The van der Waals surface area contributed by atoms with Crippen molar-refractivity contribution in [2.75, 3.05) is 13.1 Å². The average molecular weight is 288 g/mol. The van der Waals surface area contributed by atoms with Crippen LogP contribution >= 0.6 is 0 Å². The van der Waals surface area contributed by atoms with Gasteiger partial charge in [-0.3, -0.25) is 14.9 Å². The molecule has 7 nitrogen and oxygen atoms in total. The van der Waals surface area contributed by atoms with Crippen LogP contribution in [0.2, 0.25) is 0 Å². The van der Waals surface area contributed by atoms with Gasteiger partial charge in [0.15, 0.2) is 5.78 Å². The van der Waals surface area contributed by atoms with Crippen molar-refractivity contribution in [3.8, 4) is 0 Å². The third-order valence-corrected chi connectivity index (χ3v) is 3.01. The number of nitro benzene ring substituents is 1. The monoisotopic (exact) mass is 288 g/mol. The maximum Gasteiger partial charge on any atom is 0.269 e. The number of aryl methyl sites for hydroxylation is 1. The average Bonchev–Trinajstić information content (AvgIpc) is 3.00. The van der Waals surface area contributed by atoms with Gasteiger partial charge in [0.1, 0.15) is 0 Å². The number of ketones is 1. The van der Waals surface area contributed by atoms with Gasteiger partial charge in [-0.25, -0.2) is 4.98 Å². The zero-order chi connectivity index (χ0) is 15.1. The Labute approximate surface area is 121 Å². The molecule has 0 saturated heterocycles. The summed E-state index contributed by atoms with van der Waals surface area (Å²) in [6.45, 7) is 1.79. The number of Topliss-reactive ketones (excluding diaryl/α,β-unsaturated/α-hetero) is 1. The number of rotatable bonds is 8. The zero-order valence-corrected chi connectivity index (χ0v) is 11.4. The minimum Gasteiger partial charge on any atom is -0.337 e. The fraction of sp³-hybridized carbons (Fsp3) is 0.286. The van der Waals surface area contributed by atoms with E-state index in [2.05, 4.69) is 10.3 Å². The molecule has 21 heavy (non-hydrogen) atoms. The molecule has 2 aromatic rings. The Morgan fingerprint density at radius 2 is 2.10 bits per heavy atom. The highest BCUT2D eigenvalue weighted by Gasteiger charge is 2.08. The molecule has 1 aromatic carbocycles. The molecule has 0 spiro atoms. The van der Waals surface area contributed by atoms with Crippen LogP contribution in [0.15, 0.2) is 43.0 Å². The van der Waals surface area contributed by atoms with E-state index in [1.807, 2.05) is 10.8 Å². The fourth-order valence-corrected chi connectivity index (χ4v) is 1.88. The van der Waals surface area contributed by atoms with E-state index in [1.165, 1.54) is 24.3 Å². The van der Waals surface area contributed by atoms with Crippen LogP contribution in [-0.4, -0.2) is 33.3 Å². The smallest absolute Gasteiger partial charge is 0.269 e. The Hall–Kier alpha value is -2.54. The molecule has 0 unspecified atom stereocenters. The van der Waals surface area contributed by atoms with Crippen LogP contribution in [0.25, 0.3) is 0 Å². The van der Waals surface area contributed by atoms with Gasteiger partial charge in [-0.2, -0.15) is 0 Å². The van der Waals surface area contributed by atoms with Gasteiger partial charge in [-0.05, 0) is 25.1 Å². The summed E-state index contributed by atoms with van der Waals surface area (Å²) in [5, 5.41) is 13.6. The van der Waals surface area contributed by atoms with E-state index < -0.39 is 4.92 Å². The van der Waals surface area contributed by atoms with Crippen molar-refractivity contribution in [3.05, 3.63) is 58.7 Å². The molecule has 0 bridgehead atoms. The summed E-state index contributed by atoms with van der Waals surface area (Å²) in [5.41, 5.74) is 0.461. The topological polar surface area (TPSA) is 90.1 Å². The summed E-state index contributed by atoms with van der Waals surface area (Å²) in [6, 6.07) is 5.64. The van der Waals surface area contributed by atoms with Gasteiger partial charge in [-0.15, -0.1) is 0 Å². The normalized spacial score (nSPS) is 10.5. The summed E-state index contributed by atoms with van der Waals surface area (Å²) in [5.74, 6) is -0.0764. The van der Waals surface area contributed by atoms with Gasteiger partial charge >= 0.3 is 0 Å². The minimum absolute atomic E-state index is 0.0140. The SMILES string of the molecule is O=C(CNCCCn1ccnc1)c1ccc([N+](=O)[O-])cc1. The van der Waals surface area contributed by atoms with E-state index >= 15 is 0 Å². The molecule has 1 heterocycles. The Kier molecular flexibility index (Phi) is 5.16. The molecule has 0 fully saturated rings. The first-order chi connectivity index (χ1) is 10.2. The van der Waals surface area contributed by atoms with Gasteiger partial charge in [0.05, 0.1) is 17.8 Å². The number of carbonyl (C=O) groups excluding carboxylic acids is 1. The number of non-ortho nitro benzene ring substituents is 1. The Morgan fingerprint density at radius 1 is 1.33 bits per heavy atom. The van der Waals surface area contributed by atoms with Crippen LogP contribution in [0.4, 0.5) is 5.69 Å². The van der Waals surface area contributed by atoms with Gasteiger partial charge in [0.2, 0.25) is 0 Å². The highest BCUT2D eigenvalue weighted by atomic mass is 16.6. The second-order valence-corrected chi connectivity index (χ2v) is 4.56. The number of nitrogens with one attached hydrogen (secondary N) is 1. The third kappa shape index (κ3) is 4.50. The summed E-state index contributed by atoms with van der Waals surface area (Å²) in [4.78, 5) is 25.9. The van der Waals surface area contributed by atoms with Gasteiger partial charge in [0, 0.05) is 36.6 Å². The summed E-state index contributed by atoms with van der Waals surface area (Å²) >= 11 is 0. The first-order valence-corrected chi connectivity index (χ1v) is 6.61. The van der Waals surface area contributed by atoms with Gasteiger partial charge < -0.3 is 9.88 Å². The third-order valence-electron chi connectivity index (χ3n) is 3.01. The van der Waals surface area contributed by atoms with Crippen LogP contribution < -0.4 is 5.32 Å². The number of nitro groups is 1. The number of benzene rings is 1. The Bertz CT molecular complexity index is 593. The molecular weight excluding hydrogens is 272 g/mol. The lowest BCUT2D eigenvalue weighted by Crippen LogP contribution is -2.24. The van der Waals surface area contributed by atoms with Crippen molar-refractivity contribution in [2.45, 2.75) is 13.0 Å². The second kappa shape index (κ2) is 7.30. The molecule has 7 heteroatoms. The minimum atomic E-state index is -0.484. The van der Waals surface area contributed by atoms with Crippen molar-refractivity contribution < 1.29 is 9.72 Å². The van der Waals surface area contributed by atoms with Crippen LogP contribution in [0, 0.1) is 10.1 Å². The largest absolute Gasteiger partial charge is 0.337 e. The maximum absolute atomic E-state index is 11.9. The highest BCUT2D eigenvalue weighted by Crippen LogP contribution is 2.11. The molecule has 110 valence electrons. The molecule has 0 aliphatic rings. The van der Waals surface area contributed by atoms with Crippen LogP contribution in [-0.2, 0) is 6.54 Å². The molecule has 2 rings (SSSR count). The van der Waals surface area contributed by atoms with E-state index in [1.54, 1.807) is 12.5 Å². The van der Waals surface area contributed by atoms with Crippen molar-refractivity contribution in [3.63, 3.8) is 0 Å². The molecule has 0 radical (unpaired) electrons. The van der Waals surface area contributed by atoms with E-state index in [9.17, 15) is 14.9 Å². The van der Waals surface area contributed by atoms with Crippen molar-refractivity contribution >= 4 is 11.5 Å². The van der Waals surface area contributed by atoms with Crippen molar-refractivity contribution in [1.29, 1.82) is 0 Å². The Morgan fingerprint density at radius 3 is 2.71 bits per heavy atom. The summed E-state index contributed by atoms with van der Waals surface area (Å²) in [7, 11) is 0. The maximum atomic E-state index is 11.9. The molecule has 1 N–H and O–H groups in total. The van der Waals surface area contributed by atoms with E-state index in [4.69, 9.17) is 0 Å². The van der Waals surface area contributed by atoms with Crippen LogP contribution in [0.1, 0.15) is 16.8 Å². The predicted octanol–water partition coefficient (Wildman–Crippen LogP) is 1.65. The lowest BCUT2D eigenvalue weighted by atomic mass is 10.1. The van der Waals surface area contributed by atoms with E-state index in [-0.39, 0.29) is 18.0 Å². The van der Waals surface area contributed by atoms with Crippen molar-refractivity contribution in [2.24, 2.45) is 0 Å². The van der Waals surface area contributed by atoms with Gasteiger partial charge in [-0.1, -0.05) is 0 Å². The molecule has 0 aliphatic carbocycles.